The predicted molar refractivity (Wildman–Crippen MR) is 98.0 cm³/mol. The Morgan fingerprint density at radius 1 is 1.08 bits per heavy atom. The second-order valence-corrected chi connectivity index (χ2v) is 5.42. The predicted octanol–water partition coefficient (Wildman–Crippen LogP) is 2.85. The zero-order valence-corrected chi connectivity index (χ0v) is 14.9. The average Bonchev–Trinajstić information content (AvgIpc) is 2.59. The summed E-state index contributed by atoms with van der Waals surface area (Å²) < 4.78 is 16.6. The van der Waals surface area contributed by atoms with E-state index < -0.39 is 5.82 Å². The van der Waals surface area contributed by atoms with Crippen molar-refractivity contribution in [2.24, 2.45) is 14.1 Å². The van der Waals surface area contributed by atoms with Crippen molar-refractivity contribution in [3.63, 3.8) is 0 Å². The smallest absolute Gasteiger partial charge is 0.264 e. The molecule has 3 rings (SSSR count). The Bertz CT molecular complexity index is 1040. The van der Waals surface area contributed by atoms with Crippen molar-refractivity contribution < 1.29 is 4.39 Å². The zero-order valence-electron chi connectivity index (χ0n) is 14.9. The monoisotopic (exact) mass is 344 g/mol. The maximum absolute atomic E-state index is 14.1. The lowest BCUT2D eigenvalue weighted by Crippen LogP contribution is -2.25. The number of halogens is 1. The molecule has 1 aromatic carbocycles. The number of aromatic nitrogens is 3. The molecule has 0 spiro atoms. The molecule has 3 aromatic rings. The number of anilines is 2. The minimum absolute atomic E-state index is 0.191. The van der Waals surface area contributed by atoms with Gasteiger partial charge in [0.15, 0.2) is 5.65 Å². The van der Waals surface area contributed by atoms with Crippen molar-refractivity contribution in [1.29, 1.82) is 0 Å². The number of benzene rings is 1. The summed E-state index contributed by atoms with van der Waals surface area (Å²) in [5.74, 6) is -0.459. The maximum Gasteiger partial charge on any atom is 0.264 e. The van der Waals surface area contributed by atoms with Crippen LogP contribution in [0.2, 0.25) is 0 Å². The third kappa shape index (κ3) is 3.45. The van der Waals surface area contributed by atoms with E-state index in [0.717, 1.165) is 5.56 Å². The fraction of sp³-hybridized carbons (Fsp3) is 0.278. The van der Waals surface area contributed by atoms with Crippen molar-refractivity contribution in [3.8, 4) is 0 Å². The van der Waals surface area contributed by atoms with Gasteiger partial charge in [-0.3, -0.25) is 14.2 Å². The molecule has 2 heterocycles. The van der Waals surface area contributed by atoms with Crippen LogP contribution in [0.1, 0.15) is 19.4 Å². The summed E-state index contributed by atoms with van der Waals surface area (Å²) in [7, 11) is 3.10. The summed E-state index contributed by atoms with van der Waals surface area (Å²) in [5.41, 5.74) is 0.791. The maximum atomic E-state index is 14.1. The Morgan fingerprint density at radius 3 is 2.40 bits per heavy atom. The summed E-state index contributed by atoms with van der Waals surface area (Å²) in [6, 6.07) is 5.95. The standard InChI is InChI=1S/C16H15FN4O2.C2H6/c1-9-4-5-11(10(17)6-9)19-12-7-13(22)21(3)15-14(12)16(23)20(2)8-18-15;1-2/h4-8,19H,1-3H3;1-2H3. The number of nitrogens with zero attached hydrogens (tertiary/aromatic N) is 3. The Morgan fingerprint density at radius 2 is 1.76 bits per heavy atom. The second-order valence-electron chi connectivity index (χ2n) is 5.42. The third-order valence-corrected chi connectivity index (χ3v) is 3.69. The Balaban J connectivity index is 0.00000109. The molecule has 2 aromatic heterocycles. The molecule has 0 amide bonds. The molecule has 0 fully saturated rings. The number of hydrogen-bond donors (Lipinski definition) is 1. The van der Waals surface area contributed by atoms with Gasteiger partial charge in [-0.05, 0) is 24.6 Å². The van der Waals surface area contributed by atoms with Crippen molar-refractivity contribution in [1.82, 2.24) is 14.1 Å². The van der Waals surface area contributed by atoms with Gasteiger partial charge in [0.05, 0.1) is 17.7 Å². The number of pyridine rings is 1. The second kappa shape index (κ2) is 7.29. The molecule has 25 heavy (non-hydrogen) atoms. The molecule has 0 unspecified atom stereocenters. The fourth-order valence-corrected chi connectivity index (χ4v) is 2.38. The van der Waals surface area contributed by atoms with Crippen molar-refractivity contribution in [3.05, 3.63) is 62.7 Å². The van der Waals surface area contributed by atoms with Gasteiger partial charge in [0.1, 0.15) is 11.2 Å². The number of hydrogen-bond acceptors (Lipinski definition) is 4. The molecule has 0 atom stereocenters. The molecule has 0 bridgehead atoms. The lowest BCUT2D eigenvalue weighted by molar-refractivity contribution is 0.631. The van der Waals surface area contributed by atoms with Gasteiger partial charge in [-0.2, -0.15) is 0 Å². The number of rotatable bonds is 2. The van der Waals surface area contributed by atoms with Crippen LogP contribution in [0.4, 0.5) is 15.8 Å². The van der Waals surface area contributed by atoms with Gasteiger partial charge in [0.2, 0.25) is 0 Å². The van der Waals surface area contributed by atoms with Crippen LogP contribution in [0.25, 0.3) is 11.0 Å². The highest BCUT2D eigenvalue weighted by Gasteiger charge is 2.14. The van der Waals surface area contributed by atoms with E-state index in [9.17, 15) is 14.0 Å². The Hall–Kier alpha value is -2.96. The summed E-state index contributed by atoms with van der Waals surface area (Å²) in [6.45, 7) is 5.78. The topological polar surface area (TPSA) is 68.9 Å². The van der Waals surface area contributed by atoms with E-state index >= 15 is 0 Å². The molecular weight excluding hydrogens is 323 g/mol. The number of nitrogens with one attached hydrogen (secondary N) is 1. The van der Waals surface area contributed by atoms with E-state index in [2.05, 4.69) is 10.3 Å². The van der Waals surface area contributed by atoms with E-state index in [-0.39, 0.29) is 33.5 Å². The first kappa shape index (κ1) is 18.4. The van der Waals surface area contributed by atoms with Gasteiger partial charge in [-0.15, -0.1) is 0 Å². The third-order valence-electron chi connectivity index (χ3n) is 3.69. The first-order valence-corrected chi connectivity index (χ1v) is 7.97. The van der Waals surface area contributed by atoms with Crippen LogP contribution < -0.4 is 16.4 Å². The Labute approximate surface area is 144 Å². The van der Waals surface area contributed by atoms with Crippen LogP contribution in [-0.4, -0.2) is 14.1 Å². The van der Waals surface area contributed by atoms with E-state index in [1.165, 1.54) is 34.6 Å². The summed E-state index contributed by atoms with van der Waals surface area (Å²) in [6.07, 6.45) is 1.35. The number of aryl methyl sites for hydroxylation is 3. The van der Waals surface area contributed by atoms with Crippen LogP contribution in [0.3, 0.4) is 0 Å². The largest absolute Gasteiger partial charge is 0.352 e. The molecule has 0 saturated carbocycles. The molecule has 6 nitrogen and oxygen atoms in total. The highest BCUT2D eigenvalue weighted by molar-refractivity contribution is 5.90. The van der Waals surface area contributed by atoms with Gasteiger partial charge in [-0.1, -0.05) is 19.9 Å². The summed E-state index contributed by atoms with van der Waals surface area (Å²) in [5, 5.41) is 3.07. The highest BCUT2D eigenvalue weighted by Crippen LogP contribution is 2.23. The molecule has 1 N–H and O–H groups in total. The lowest BCUT2D eigenvalue weighted by Gasteiger charge is -2.12. The summed E-state index contributed by atoms with van der Waals surface area (Å²) in [4.78, 5) is 28.6. The number of fused-ring (bicyclic) bond motifs is 1. The lowest BCUT2D eigenvalue weighted by atomic mass is 10.2. The van der Waals surface area contributed by atoms with Gasteiger partial charge < -0.3 is 9.88 Å². The van der Waals surface area contributed by atoms with Crippen LogP contribution in [0.15, 0.2) is 40.2 Å². The van der Waals surface area contributed by atoms with Crippen molar-refractivity contribution in [2.75, 3.05) is 5.32 Å². The highest BCUT2D eigenvalue weighted by atomic mass is 19.1. The van der Waals surface area contributed by atoms with E-state index in [1.807, 2.05) is 13.8 Å². The minimum atomic E-state index is -0.459. The molecule has 0 aliphatic carbocycles. The fourth-order valence-electron chi connectivity index (χ4n) is 2.38. The molecule has 0 aliphatic heterocycles. The van der Waals surface area contributed by atoms with Gasteiger partial charge in [0, 0.05) is 20.2 Å². The van der Waals surface area contributed by atoms with Crippen LogP contribution in [-0.2, 0) is 14.1 Å². The van der Waals surface area contributed by atoms with Gasteiger partial charge in [0.25, 0.3) is 11.1 Å². The molecule has 0 radical (unpaired) electrons. The van der Waals surface area contributed by atoms with E-state index in [4.69, 9.17) is 0 Å². The van der Waals surface area contributed by atoms with Crippen LogP contribution in [0.5, 0.6) is 0 Å². The van der Waals surface area contributed by atoms with E-state index in [1.54, 1.807) is 26.1 Å². The van der Waals surface area contributed by atoms with Crippen molar-refractivity contribution in [2.45, 2.75) is 20.8 Å². The molecule has 7 heteroatoms. The minimum Gasteiger partial charge on any atom is -0.352 e. The Kier molecular flexibility index (Phi) is 5.36. The molecule has 0 aliphatic rings. The summed E-state index contributed by atoms with van der Waals surface area (Å²) >= 11 is 0. The normalized spacial score (nSPS) is 10.3. The first-order chi connectivity index (χ1) is 11.9. The molecular formula is C18H21FN4O2. The first-order valence-electron chi connectivity index (χ1n) is 7.97. The van der Waals surface area contributed by atoms with Crippen molar-refractivity contribution >= 4 is 22.4 Å². The molecule has 0 saturated heterocycles. The van der Waals surface area contributed by atoms with Crippen LogP contribution >= 0.6 is 0 Å². The van der Waals surface area contributed by atoms with E-state index in [0.29, 0.717) is 0 Å². The quantitative estimate of drug-likeness (QED) is 0.776. The molecule has 132 valence electrons. The average molecular weight is 344 g/mol. The zero-order chi connectivity index (χ0) is 18.7. The van der Waals surface area contributed by atoms with Crippen LogP contribution in [0, 0.1) is 12.7 Å². The van der Waals surface area contributed by atoms with Gasteiger partial charge in [-0.25, -0.2) is 9.37 Å². The van der Waals surface area contributed by atoms with Gasteiger partial charge >= 0.3 is 0 Å². The SMILES string of the molecule is CC.Cc1ccc(Nc2cc(=O)n(C)c3ncn(C)c(=O)c23)c(F)c1.